The number of rotatable bonds is 7. The lowest BCUT2D eigenvalue weighted by atomic mass is 10.3. The molecule has 0 aliphatic rings. The zero-order chi connectivity index (χ0) is 11.2. The minimum absolute atomic E-state index is 0. The molecule has 0 aliphatic carbocycles. The summed E-state index contributed by atoms with van der Waals surface area (Å²) in [6.07, 6.45) is 0.270. The van der Waals surface area contributed by atoms with Crippen LogP contribution in [-0.4, -0.2) is 37.0 Å². The van der Waals surface area contributed by atoms with Gasteiger partial charge in [0.25, 0.3) is 0 Å². The van der Waals surface area contributed by atoms with Gasteiger partial charge in [0.05, 0.1) is 26.2 Å². The van der Waals surface area contributed by atoms with Gasteiger partial charge in [0.15, 0.2) is 6.23 Å². The highest BCUT2D eigenvalue weighted by Crippen LogP contribution is 2.14. The molecule has 2 nitrogen and oxygen atoms in total. The van der Waals surface area contributed by atoms with Gasteiger partial charge in [-0.05, 0) is 27.7 Å². The second-order valence-electron chi connectivity index (χ2n) is 4.03. The molecule has 0 radical (unpaired) electrons. The molecule has 15 heavy (non-hydrogen) atoms. The van der Waals surface area contributed by atoms with E-state index in [1.54, 1.807) is 0 Å². The first-order valence-electron chi connectivity index (χ1n) is 5.64. The Morgan fingerprint density at radius 1 is 1.20 bits per heavy atom. The third-order valence-electron chi connectivity index (χ3n) is 3.23. The Balaban J connectivity index is 0. The Labute approximate surface area is 101 Å². The van der Waals surface area contributed by atoms with Gasteiger partial charge in [-0.15, -0.1) is 0 Å². The maximum atomic E-state index is 5.81. The molecule has 0 fully saturated rings. The van der Waals surface area contributed by atoms with Gasteiger partial charge in [-0.25, -0.2) is 0 Å². The minimum atomic E-state index is 0. The van der Waals surface area contributed by atoms with Gasteiger partial charge in [0.2, 0.25) is 0 Å². The van der Waals surface area contributed by atoms with E-state index >= 15 is 0 Å². The maximum absolute atomic E-state index is 5.81. The molecule has 92 valence electrons. The average molecular weight is 236 g/mol. The van der Waals surface area contributed by atoms with Crippen LogP contribution in [0.1, 0.15) is 34.6 Å². The van der Waals surface area contributed by atoms with Crippen molar-refractivity contribution in [2.24, 2.45) is 0 Å². The smallest absolute Gasteiger partial charge is 0.190 e. The lowest BCUT2D eigenvalue weighted by molar-refractivity contribution is -0.965. The summed E-state index contributed by atoms with van der Waals surface area (Å²) < 4.78 is 6.85. The first kappa shape index (κ1) is 17.3. The minimum Gasteiger partial charge on any atom is -1.00 e. The normalized spacial score (nSPS) is 13.1. The Morgan fingerprint density at radius 2 is 1.60 bits per heavy atom. The number of halogens is 1. The van der Waals surface area contributed by atoms with E-state index in [2.05, 4.69) is 34.3 Å². The summed E-state index contributed by atoms with van der Waals surface area (Å²) in [5.41, 5.74) is 1.10. The summed E-state index contributed by atoms with van der Waals surface area (Å²) in [6.45, 7) is 18.8. The predicted molar refractivity (Wildman–Crippen MR) is 62.1 cm³/mol. The van der Waals surface area contributed by atoms with Crippen molar-refractivity contribution in [1.82, 2.24) is 0 Å². The van der Waals surface area contributed by atoms with E-state index in [9.17, 15) is 0 Å². The average Bonchev–Trinajstić information content (AvgIpc) is 2.18. The van der Waals surface area contributed by atoms with Crippen molar-refractivity contribution in [3.05, 3.63) is 12.2 Å². The fraction of sp³-hybridized carbons (Fsp3) is 0.833. The number of nitrogens with zero attached hydrogens (tertiary/aromatic N) is 1. The van der Waals surface area contributed by atoms with Crippen molar-refractivity contribution in [2.45, 2.75) is 40.8 Å². The van der Waals surface area contributed by atoms with Crippen LogP contribution in [0.3, 0.4) is 0 Å². The van der Waals surface area contributed by atoms with E-state index in [0.717, 1.165) is 29.7 Å². The van der Waals surface area contributed by atoms with Gasteiger partial charge in [0, 0.05) is 6.92 Å². The summed E-state index contributed by atoms with van der Waals surface area (Å²) in [6, 6.07) is 0. The fourth-order valence-electron chi connectivity index (χ4n) is 1.86. The van der Waals surface area contributed by atoms with Gasteiger partial charge in [-0.2, -0.15) is 0 Å². The third-order valence-corrected chi connectivity index (χ3v) is 3.23. The van der Waals surface area contributed by atoms with Gasteiger partial charge in [0.1, 0.15) is 0 Å². The summed E-state index contributed by atoms with van der Waals surface area (Å²) in [4.78, 5) is 0. The van der Waals surface area contributed by atoms with Crippen molar-refractivity contribution in [3.8, 4) is 0 Å². The molecular weight excluding hydrogens is 210 g/mol. The lowest BCUT2D eigenvalue weighted by Gasteiger charge is -2.40. The highest BCUT2D eigenvalue weighted by atomic mass is 35.5. The molecule has 3 heteroatoms. The molecule has 0 rings (SSSR count). The molecule has 1 atom stereocenters. The van der Waals surface area contributed by atoms with Crippen molar-refractivity contribution in [1.29, 1.82) is 0 Å². The van der Waals surface area contributed by atoms with Crippen LogP contribution in [0, 0.1) is 0 Å². The van der Waals surface area contributed by atoms with E-state index in [1.807, 2.05) is 6.92 Å². The van der Waals surface area contributed by atoms with Gasteiger partial charge in [-0.1, -0.05) is 12.2 Å². The molecular formula is C12H26ClNO. The molecule has 0 bridgehead atoms. The van der Waals surface area contributed by atoms with Gasteiger partial charge in [-0.3, -0.25) is 4.48 Å². The summed E-state index contributed by atoms with van der Waals surface area (Å²) in [5.74, 6) is 0. The molecule has 0 heterocycles. The molecule has 0 aromatic rings. The van der Waals surface area contributed by atoms with Crippen LogP contribution in [0.4, 0.5) is 0 Å². The molecule has 0 N–H and O–H groups in total. The van der Waals surface area contributed by atoms with Crippen LogP contribution in [0.25, 0.3) is 0 Å². The van der Waals surface area contributed by atoms with E-state index < -0.39 is 0 Å². The molecule has 0 aliphatic heterocycles. The van der Waals surface area contributed by atoms with Crippen molar-refractivity contribution < 1.29 is 21.6 Å². The molecule has 0 aromatic heterocycles. The zero-order valence-electron chi connectivity index (χ0n) is 10.8. The predicted octanol–water partition coefficient (Wildman–Crippen LogP) is -0.194. The van der Waals surface area contributed by atoms with E-state index in [-0.39, 0.29) is 18.6 Å². The van der Waals surface area contributed by atoms with E-state index in [4.69, 9.17) is 4.74 Å². The van der Waals surface area contributed by atoms with Crippen molar-refractivity contribution in [3.63, 3.8) is 0 Å². The van der Waals surface area contributed by atoms with Crippen LogP contribution in [0.2, 0.25) is 0 Å². The Kier molecular flexibility index (Phi) is 9.42. The molecule has 1 unspecified atom stereocenters. The first-order valence-corrected chi connectivity index (χ1v) is 5.64. The van der Waals surface area contributed by atoms with Crippen molar-refractivity contribution in [2.75, 3.05) is 26.2 Å². The standard InChI is InChI=1S/C12H26NO.ClH/c1-7-13(8-2,9-3)12(6)14-10-11(4)5;/h12H,4,7-10H2,1-3,5-6H3;1H/q+1;/p-1. The van der Waals surface area contributed by atoms with Crippen LogP contribution in [0.5, 0.6) is 0 Å². The van der Waals surface area contributed by atoms with E-state index in [0.29, 0.717) is 6.61 Å². The van der Waals surface area contributed by atoms with Crippen LogP contribution >= 0.6 is 0 Å². The van der Waals surface area contributed by atoms with Gasteiger partial charge >= 0.3 is 0 Å². The quantitative estimate of drug-likeness (QED) is 0.338. The highest BCUT2D eigenvalue weighted by molar-refractivity contribution is 4.87. The Morgan fingerprint density at radius 3 is 1.87 bits per heavy atom. The fourth-order valence-corrected chi connectivity index (χ4v) is 1.86. The van der Waals surface area contributed by atoms with Crippen molar-refractivity contribution >= 4 is 0 Å². The number of ether oxygens (including phenoxy) is 1. The molecule has 0 amide bonds. The SMILES string of the molecule is C=C(C)COC(C)[N+](CC)(CC)CC.[Cl-]. The monoisotopic (exact) mass is 235 g/mol. The largest absolute Gasteiger partial charge is 1.00 e. The molecule has 0 aromatic carbocycles. The summed E-state index contributed by atoms with van der Waals surface area (Å²) in [7, 11) is 0. The van der Waals surface area contributed by atoms with E-state index in [1.165, 1.54) is 0 Å². The second kappa shape index (κ2) is 8.14. The topological polar surface area (TPSA) is 9.23 Å². The molecule has 0 saturated heterocycles. The number of hydrogen-bond acceptors (Lipinski definition) is 1. The number of hydrogen-bond donors (Lipinski definition) is 0. The Bertz CT molecular complexity index is 170. The van der Waals surface area contributed by atoms with Gasteiger partial charge < -0.3 is 17.1 Å². The van der Waals surface area contributed by atoms with Crippen LogP contribution in [0.15, 0.2) is 12.2 Å². The zero-order valence-corrected chi connectivity index (χ0v) is 11.6. The third kappa shape index (κ3) is 5.01. The second-order valence-corrected chi connectivity index (χ2v) is 4.03. The molecule has 0 spiro atoms. The number of quaternary nitrogens is 1. The summed E-state index contributed by atoms with van der Waals surface area (Å²) in [5, 5.41) is 0. The van der Waals surface area contributed by atoms with Crippen LogP contribution in [-0.2, 0) is 4.74 Å². The molecule has 0 saturated carbocycles. The Hall–Kier alpha value is -0.0500. The summed E-state index contributed by atoms with van der Waals surface area (Å²) >= 11 is 0. The maximum Gasteiger partial charge on any atom is 0.190 e. The highest BCUT2D eigenvalue weighted by Gasteiger charge is 2.28. The van der Waals surface area contributed by atoms with Crippen LogP contribution < -0.4 is 12.4 Å². The lowest BCUT2D eigenvalue weighted by Crippen LogP contribution is -3.00. The first-order chi connectivity index (χ1) is 6.52.